The smallest absolute Gasteiger partial charge is 0.353 e. The number of rotatable bonds is 3. The Morgan fingerprint density at radius 1 is 1.00 bits per heavy atom. The van der Waals surface area contributed by atoms with E-state index < -0.39 is 11.1 Å². The first-order valence-electron chi connectivity index (χ1n) is 8.53. The molecular formula is C20H23N4O2. The second-order valence-electron chi connectivity index (χ2n) is 7.32. The van der Waals surface area contributed by atoms with Gasteiger partial charge in [0.05, 0.1) is 5.69 Å². The van der Waals surface area contributed by atoms with Gasteiger partial charge in [0.1, 0.15) is 5.54 Å². The van der Waals surface area contributed by atoms with Crippen molar-refractivity contribution in [1.82, 2.24) is 5.06 Å². The van der Waals surface area contributed by atoms with Gasteiger partial charge in [-0.25, -0.2) is 4.99 Å². The van der Waals surface area contributed by atoms with Gasteiger partial charge in [0.25, 0.3) is 0 Å². The third-order valence-corrected chi connectivity index (χ3v) is 5.14. The zero-order chi connectivity index (χ0) is 18.9. The van der Waals surface area contributed by atoms with Crippen LogP contribution in [-0.2, 0) is 5.21 Å². The van der Waals surface area contributed by atoms with Gasteiger partial charge in [0.15, 0.2) is 5.54 Å². The summed E-state index contributed by atoms with van der Waals surface area (Å²) in [5.74, 6) is 0.207. The van der Waals surface area contributed by atoms with E-state index in [0.29, 0.717) is 5.69 Å². The highest BCUT2D eigenvalue weighted by Gasteiger charge is 2.61. The zero-order valence-electron chi connectivity index (χ0n) is 15.4. The van der Waals surface area contributed by atoms with Crippen LogP contribution >= 0.6 is 0 Å². The van der Waals surface area contributed by atoms with E-state index in [0.717, 1.165) is 15.5 Å². The molecule has 0 saturated carbocycles. The summed E-state index contributed by atoms with van der Waals surface area (Å²) in [5.41, 5.74) is -0.401. The van der Waals surface area contributed by atoms with Crippen molar-refractivity contribution in [3.8, 4) is 0 Å². The fraction of sp³-hybridized carbons (Fsp3) is 0.300. The van der Waals surface area contributed by atoms with Crippen LogP contribution in [0.15, 0.2) is 65.7 Å². The van der Waals surface area contributed by atoms with E-state index in [2.05, 4.69) is 10.3 Å². The Bertz CT molecular complexity index is 843. The Labute approximate surface area is 153 Å². The van der Waals surface area contributed by atoms with E-state index in [4.69, 9.17) is 0 Å². The van der Waals surface area contributed by atoms with Crippen LogP contribution in [0.2, 0.25) is 0 Å². The second-order valence-corrected chi connectivity index (χ2v) is 7.32. The summed E-state index contributed by atoms with van der Waals surface area (Å²) in [5, 5.41) is 29.9. The molecule has 0 bridgehead atoms. The van der Waals surface area contributed by atoms with Gasteiger partial charge in [-0.05, 0) is 52.0 Å². The Kier molecular flexibility index (Phi) is 4.46. The van der Waals surface area contributed by atoms with Gasteiger partial charge in [0.2, 0.25) is 5.84 Å². The van der Waals surface area contributed by atoms with Crippen molar-refractivity contribution in [2.45, 2.75) is 38.8 Å². The van der Waals surface area contributed by atoms with E-state index in [-0.39, 0.29) is 11.7 Å². The van der Waals surface area contributed by atoms with Crippen LogP contribution in [0.1, 0.15) is 27.7 Å². The Hall–Kier alpha value is -2.86. The van der Waals surface area contributed by atoms with Crippen LogP contribution in [0, 0.1) is 5.21 Å². The molecule has 1 N–H and O–H groups in total. The molecule has 1 heterocycles. The van der Waals surface area contributed by atoms with Crippen molar-refractivity contribution in [2.24, 2.45) is 4.99 Å². The van der Waals surface area contributed by atoms with Gasteiger partial charge >= 0.3 is 5.84 Å². The van der Waals surface area contributed by atoms with E-state index in [1.165, 1.54) is 0 Å². The zero-order valence-corrected chi connectivity index (χ0v) is 15.4. The Morgan fingerprint density at radius 3 is 2.04 bits per heavy atom. The maximum absolute atomic E-state index is 13.0. The summed E-state index contributed by atoms with van der Waals surface area (Å²) in [6.45, 7) is 7.06. The third kappa shape index (κ3) is 2.93. The summed E-state index contributed by atoms with van der Waals surface area (Å²) >= 11 is 0. The molecule has 0 amide bonds. The quantitative estimate of drug-likeness (QED) is 0.394. The molecule has 135 valence electrons. The second kappa shape index (κ2) is 6.46. The van der Waals surface area contributed by atoms with E-state index in [1.807, 2.05) is 60.7 Å². The molecule has 2 aromatic rings. The lowest BCUT2D eigenvalue weighted by Gasteiger charge is -2.32. The lowest BCUT2D eigenvalue weighted by atomic mass is 9.84. The van der Waals surface area contributed by atoms with Gasteiger partial charge in [-0.15, -0.1) is 0 Å². The molecule has 26 heavy (non-hydrogen) atoms. The predicted octanol–water partition coefficient (Wildman–Crippen LogP) is 3.96. The first-order chi connectivity index (χ1) is 12.2. The number of hydrogen-bond donors (Lipinski definition) is 1. The normalized spacial score (nSPS) is 19.0. The van der Waals surface area contributed by atoms with Crippen molar-refractivity contribution >= 4 is 23.0 Å². The predicted molar refractivity (Wildman–Crippen MR) is 103 cm³/mol. The van der Waals surface area contributed by atoms with Gasteiger partial charge in [-0.1, -0.05) is 41.5 Å². The molecule has 0 aromatic heterocycles. The summed E-state index contributed by atoms with van der Waals surface area (Å²) in [6, 6.07) is 18.6. The number of para-hydroxylation sites is 2. The number of amidine groups is 2. The van der Waals surface area contributed by atoms with Crippen molar-refractivity contribution in [3.63, 3.8) is 0 Å². The molecule has 6 heteroatoms. The fourth-order valence-electron chi connectivity index (χ4n) is 2.73. The molecule has 0 saturated heterocycles. The molecule has 2 aromatic carbocycles. The molecule has 0 aliphatic carbocycles. The SMILES string of the molecule is CC1(C)N([O])C(C(=Nc2ccccc2)Nc2ccccc2)=[N+]([O-])C1(C)C. The maximum atomic E-state index is 13.0. The Morgan fingerprint density at radius 2 is 1.54 bits per heavy atom. The third-order valence-electron chi connectivity index (χ3n) is 5.14. The van der Waals surface area contributed by atoms with Gasteiger partial charge in [-0.2, -0.15) is 0 Å². The molecular weight excluding hydrogens is 328 g/mol. The monoisotopic (exact) mass is 351 g/mol. The minimum atomic E-state index is -0.903. The molecule has 1 aliphatic rings. The van der Waals surface area contributed by atoms with E-state index >= 15 is 0 Å². The molecule has 1 aliphatic heterocycles. The number of anilines is 1. The number of hydrogen-bond acceptors (Lipinski definition) is 3. The number of aliphatic imine (C=N–C) groups is 1. The fourth-order valence-corrected chi connectivity index (χ4v) is 2.73. The molecule has 0 atom stereocenters. The average Bonchev–Trinajstić information content (AvgIpc) is 2.74. The van der Waals surface area contributed by atoms with E-state index in [1.54, 1.807) is 27.7 Å². The molecule has 1 radical (unpaired) electrons. The van der Waals surface area contributed by atoms with Crippen LogP contribution in [0.25, 0.3) is 0 Å². The molecule has 3 rings (SSSR count). The van der Waals surface area contributed by atoms with E-state index in [9.17, 15) is 10.4 Å². The highest BCUT2D eigenvalue weighted by molar-refractivity contribution is 6.43. The topological polar surface area (TPSA) is 73.6 Å². The number of hydroxylamine groups is 3. The molecule has 0 unspecified atom stereocenters. The highest BCUT2D eigenvalue weighted by atomic mass is 16.5. The van der Waals surface area contributed by atoms with Crippen LogP contribution < -0.4 is 5.32 Å². The largest absolute Gasteiger partial charge is 0.714 e. The first-order valence-corrected chi connectivity index (χ1v) is 8.53. The number of benzene rings is 2. The number of nitrogens with zero attached hydrogens (tertiary/aromatic N) is 3. The van der Waals surface area contributed by atoms with Gasteiger partial charge in [-0.3, -0.25) is 4.74 Å². The molecule has 6 nitrogen and oxygen atoms in total. The lowest BCUT2D eigenvalue weighted by molar-refractivity contribution is -0.538. The minimum absolute atomic E-state index is 0.0206. The van der Waals surface area contributed by atoms with Gasteiger partial charge in [0, 0.05) is 10.9 Å². The maximum Gasteiger partial charge on any atom is 0.353 e. The summed E-state index contributed by atoms with van der Waals surface area (Å²) in [4.78, 5) is 4.55. The minimum Gasteiger partial charge on any atom is -0.714 e. The van der Waals surface area contributed by atoms with Gasteiger partial charge < -0.3 is 10.5 Å². The van der Waals surface area contributed by atoms with Crippen LogP contribution in [0.3, 0.4) is 0 Å². The highest BCUT2D eigenvalue weighted by Crippen LogP contribution is 2.36. The Balaban J connectivity index is 2.12. The molecule has 0 spiro atoms. The first kappa shape index (κ1) is 17.9. The average molecular weight is 351 g/mol. The number of nitrogens with one attached hydrogen (secondary N) is 1. The standard InChI is InChI=1S/C20H23N4O2/c1-19(2)20(3,4)24(26)18(23(19)25)17(21-15-11-7-5-8-12-15)22-16-13-9-6-10-14-16/h5-14H,1-4H3,(H,21,22). The van der Waals surface area contributed by atoms with Crippen LogP contribution in [-0.4, -0.2) is 32.6 Å². The van der Waals surface area contributed by atoms with Crippen LogP contribution in [0.4, 0.5) is 11.4 Å². The van der Waals surface area contributed by atoms with Crippen molar-refractivity contribution in [2.75, 3.05) is 5.32 Å². The summed E-state index contributed by atoms with van der Waals surface area (Å²) in [7, 11) is 0. The van der Waals surface area contributed by atoms with Crippen molar-refractivity contribution in [3.05, 3.63) is 65.9 Å². The van der Waals surface area contributed by atoms with Crippen molar-refractivity contribution in [1.29, 1.82) is 0 Å². The summed E-state index contributed by atoms with van der Waals surface area (Å²) in [6.07, 6.45) is 0. The summed E-state index contributed by atoms with van der Waals surface area (Å²) < 4.78 is 0.762. The van der Waals surface area contributed by atoms with Crippen LogP contribution in [0.5, 0.6) is 0 Å². The lowest BCUT2D eigenvalue weighted by Crippen LogP contribution is -2.53. The molecule has 0 fully saturated rings. The van der Waals surface area contributed by atoms with Crippen molar-refractivity contribution < 1.29 is 9.95 Å².